The van der Waals surface area contributed by atoms with E-state index in [-0.39, 0.29) is 54.5 Å². The molecule has 0 aliphatic carbocycles. The minimum absolute atomic E-state index is 0. The first-order valence-electron chi connectivity index (χ1n) is 23.2. The van der Waals surface area contributed by atoms with Crippen LogP contribution in [0, 0.1) is 54.8 Å². The molecule has 1 radical (unpaired) electrons. The molecule has 8 aromatic rings. The molecule has 0 spiro atoms. The van der Waals surface area contributed by atoms with Crippen LogP contribution in [0.4, 0.5) is 28.9 Å². The Morgan fingerprint density at radius 3 is 1.61 bits per heavy atom. The Morgan fingerprint density at radius 2 is 1.09 bits per heavy atom. The van der Waals surface area contributed by atoms with Crippen molar-refractivity contribution in [3.63, 3.8) is 0 Å². The third kappa shape index (κ3) is 10.1. The van der Waals surface area contributed by atoms with Gasteiger partial charge < -0.3 is 29.0 Å². The van der Waals surface area contributed by atoms with E-state index in [1.165, 1.54) is 0 Å². The van der Waals surface area contributed by atoms with E-state index < -0.39 is 23.3 Å². The molecule has 361 valence electrons. The van der Waals surface area contributed by atoms with Crippen LogP contribution in [-0.2, 0) is 20.1 Å². The van der Waals surface area contributed by atoms with Gasteiger partial charge in [-0.05, 0) is 127 Å². The molecule has 0 fully saturated rings. The van der Waals surface area contributed by atoms with Gasteiger partial charge in [0, 0.05) is 54.3 Å². The maximum Gasteiger partial charge on any atom is 0.116 e. The molecule has 6 nitrogen and oxygen atoms in total. The van der Waals surface area contributed by atoms with Crippen molar-refractivity contribution >= 4 is 33.3 Å². The molecule has 70 heavy (non-hydrogen) atoms. The number of hydrogen-bond donors (Lipinski definition) is 0. The van der Waals surface area contributed by atoms with E-state index in [2.05, 4.69) is 179 Å². The normalized spacial score (nSPS) is 13.5. The zero-order valence-electron chi connectivity index (χ0n) is 40.2. The van der Waals surface area contributed by atoms with Gasteiger partial charge in [0.15, 0.2) is 0 Å². The first-order valence-corrected chi connectivity index (χ1v) is 23.2. The van der Waals surface area contributed by atoms with Gasteiger partial charge in [-0.1, -0.05) is 135 Å². The minimum Gasteiger partial charge on any atom is -0.514 e. The van der Waals surface area contributed by atoms with Gasteiger partial charge in [-0.25, -0.2) is 0 Å². The number of nitrogens with zero attached hydrogens (tertiary/aromatic N) is 5. The summed E-state index contributed by atoms with van der Waals surface area (Å²) in [6, 6.07) is 41.4. The third-order valence-corrected chi connectivity index (χ3v) is 12.3. The summed E-state index contributed by atoms with van der Waals surface area (Å²) in [6.07, 6.45) is 8.32. The molecular weight excluding hydrogens is 1060 g/mol. The number of fused-ring (bicyclic) bond motifs is 3. The maximum atomic E-state index is 14.9. The zero-order chi connectivity index (χ0) is 48.7. The maximum absolute atomic E-state index is 14.9. The number of aromatic nitrogens is 1. The van der Waals surface area contributed by atoms with Crippen molar-refractivity contribution in [3.05, 3.63) is 200 Å². The van der Waals surface area contributed by atoms with Gasteiger partial charge in [-0.3, -0.25) is 17.6 Å². The summed E-state index contributed by atoms with van der Waals surface area (Å²) in [5.74, 6) is -3.00. The molecule has 0 unspecified atom stereocenters. The van der Waals surface area contributed by atoms with E-state index in [0.29, 0.717) is 17.6 Å². The summed E-state index contributed by atoms with van der Waals surface area (Å²) in [4.78, 5) is 13.1. The number of furan rings is 1. The smallest absolute Gasteiger partial charge is 0.116 e. The first kappa shape index (κ1) is 49.7. The van der Waals surface area contributed by atoms with Crippen molar-refractivity contribution in [1.29, 1.82) is 0 Å². The summed E-state index contributed by atoms with van der Waals surface area (Å²) >= 11 is 0. The third-order valence-electron chi connectivity index (χ3n) is 12.3. The number of pyridine rings is 1. The Hall–Kier alpha value is -6.68. The molecule has 6 aromatic carbocycles. The second-order valence-electron chi connectivity index (χ2n) is 18.5. The molecule has 0 saturated carbocycles. The topological polar surface area (TPSA) is 39.0 Å². The molecule has 11 heteroatoms. The molecular formula is C59H52F4IrN5O-5. The van der Waals surface area contributed by atoms with E-state index in [0.717, 1.165) is 85.4 Å². The summed E-state index contributed by atoms with van der Waals surface area (Å²) < 4.78 is 63.6. The van der Waals surface area contributed by atoms with Crippen LogP contribution in [-0.4, -0.2) is 26.9 Å². The molecule has 2 aromatic heterocycles. The van der Waals surface area contributed by atoms with Gasteiger partial charge in [-0.15, -0.1) is 42.1 Å². The van der Waals surface area contributed by atoms with Crippen molar-refractivity contribution in [3.8, 4) is 44.8 Å². The minimum atomic E-state index is -0.841. The van der Waals surface area contributed by atoms with Gasteiger partial charge in [0.2, 0.25) is 0 Å². The van der Waals surface area contributed by atoms with Crippen LogP contribution in [0.2, 0.25) is 0 Å². The van der Waals surface area contributed by atoms with Gasteiger partial charge >= 0.3 is 0 Å². The fourth-order valence-electron chi connectivity index (χ4n) is 8.62. The van der Waals surface area contributed by atoms with Crippen molar-refractivity contribution in [1.82, 2.24) is 14.8 Å². The van der Waals surface area contributed by atoms with Gasteiger partial charge in [0.05, 0.1) is 0 Å². The van der Waals surface area contributed by atoms with Crippen LogP contribution in [0.5, 0.6) is 0 Å². The molecule has 0 amide bonds. The predicted molar refractivity (Wildman–Crippen MR) is 270 cm³/mol. The molecule has 2 aliphatic rings. The van der Waals surface area contributed by atoms with Gasteiger partial charge in [-0.2, -0.15) is 13.3 Å². The second-order valence-corrected chi connectivity index (χ2v) is 18.5. The van der Waals surface area contributed by atoms with Crippen molar-refractivity contribution in [2.45, 2.75) is 79.3 Å². The Morgan fingerprint density at radius 1 is 0.557 bits per heavy atom. The average Bonchev–Trinajstić information content (AvgIpc) is 4.11. The Balaban J connectivity index is 0.000000194. The van der Waals surface area contributed by atoms with E-state index >= 15 is 0 Å². The van der Waals surface area contributed by atoms with Crippen molar-refractivity contribution in [2.24, 2.45) is 0 Å². The van der Waals surface area contributed by atoms with Crippen LogP contribution in [0.25, 0.3) is 66.7 Å². The Kier molecular flexibility index (Phi) is 14.7. The molecule has 4 heterocycles. The molecule has 0 saturated heterocycles. The zero-order valence-corrected chi connectivity index (χ0v) is 42.6. The van der Waals surface area contributed by atoms with Crippen LogP contribution < -0.4 is 9.80 Å². The molecule has 0 bridgehead atoms. The largest absolute Gasteiger partial charge is 0.514 e. The van der Waals surface area contributed by atoms with Crippen LogP contribution in [0.3, 0.4) is 0 Å². The quantitative estimate of drug-likeness (QED) is 0.100. The van der Waals surface area contributed by atoms with Crippen LogP contribution in [0.1, 0.15) is 78.4 Å². The Bertz CT molecular complexity index is 3140. The number of anilines is 2. The number of hydrogen-bond acceptors (Lipinski definition) is 6. The molecule has 0 atom stereocenters. The van der Waals surface area contributed by atoms with Gasteiger partial charge in [0.1, 0.15) is 5.58 Å². The predicted octanol–water partition coefficient (Wildman–Crippen LogP) is 15.8. The van der Waals surface area contributed by atoms with E-state index in [4.69, 9.17) is 4.42 Å². The van der Waals surface area contributed by atoms with Crippen molar-refractivity contribution in [2.75, 3.05) is 9.80 Å². The summed E-state index contributed by atoms with van der Waals surface area (Å²) in [5, 5.41) is 2.21. The second kappa shape index (κ2) is 20.7. The van der Waals surface area contributed by atoms with Crippen LogP contribution >= 0.6 is 0 Å². The summed E-state index contributed by atoms with van der Waals surface area (Å²) in [6.45, 7) is 21.3. The fraction of sp³-hybridized carbons (Fsp3) is 0.203. The SMILES string of the molecule is CC(C)N1C=CN(c2[c-]c(N3C=CN(C(C)C)[CH-]3)c3oc4ccccc4c3c2)[CH-]1.CC(C)c1cc(-c2ccccc2)cc(C(C)C)c1-c1cc(-c2[c-]cc(F)cc2F)nc(-c2[c-]cc(F)cc2F)c1.[Ir]. The number of halogens is 4. The van der Waals surface area contributed by atoms with E-state index in [1.54, 1.807) is 12.1 Å². The average molecular weight is 1120 g/mol. The Labute approximate surface area is 421 Å². The number of para-hydroxylation sites is 1. The standard InChI is InChI=1S/C35H27F4N.C24H25N4O.Ir/c1-20(2)29-14-23(22-8-6-5-7-9-22)15-30(21(3)4)35(29)24-16-33(27-12-10-25(36)18-31(27)38)40-34(17-24)28-13-11-26(37)19-32(28)39;1-17(2)25-9-11-27(15-25)19-13-21-20-7-5-6-8-23(20)29-24(21)22(14-19)28-12-10-26(16-28)18(3)4;/h5-11,14-21H,1-4H3;5-13,15-18H,1-4H3;/q-2;-3;. The van der Waals surface area contributed by atoms with Crippen LogP contribution in [0.15, 0.2) is 138 Å². The van der Waals surface area contributed by atoms with E-state index in [9.17, 15) is 17.6 Å². The molecule has 10 rings (SSSR count). The monoisotopic (exact) mass is 1120 g/mol. The first-order chi connectivity index (χ1) is 33.1. The van der Waals surface area contributed by atoms with Gasteiger partial charge in [0.25, 0.3) is 0 Å². The molecule has 0 N–H and O–H groups in total. The number of rotatable bonds is 10. The molecule has 2 aliphatic heterocycles. The number of benzene rings is 6. The fourth-order valence-corrected chi connectivity index (χ4v) is 8.62. The van der Waals surface area contributed by atoms with E-state index in [1.807, 2.05) is 30.3 Å². The van der Waals surface area contributed by atoms with Crippen molar-refractivity contribution < 1.29 is 42.1 Å². The summed E-state index contributed by atoms with van der Waals surface area (Å²) in [5.41, 5.74) is 9.73. The summed E-state index contributed by atoms with van der Waals surface area (Å²) in [7, 11) is 0.